The predicted octanol–water partition coefficient (Wildman–Crippen LogP) is 0.869. The van der Waals surface area contributed by atoms with E-state index in [4.69, 9.17) is 0 Å². The third-order valence-corrected chi connectivity index (χ3v) is 2.80. The molecule has 1 heterocycles. The highest BCUT2D eigenvalue weighted by atomic mass is 79.9. The molecule has 1 aromatic rings. The van der Waals surface area contributed by atoms with E-state index in [1.54, 1.807) is 7.05 Å². The molecule has 0 aliphatic heterocycles. The molecule has 0 aliphatic rings. The molecule has 100 valence electrons. The van der Waals surface area contributed by atoms with E-state index in [-0.39, 0.29) is 23.6 Å². The Balaban J connectivity index is 2.68. The Kier molecular flexibility index (Phi) is 4.50. The van der Waals surface area contributed by atoms with Crippen molar-refractivity contribution in [2.45, 2.75) is 26.3 Å². The molecule has 6 nitrogen and oxygen atoms in total. The number of rotatable bonds is 3. The highest BCUT2D eigenvalue weighted by Gasteiger charge is 2.14. The molecule has 0 aliphatic carbocycles. The number of hydrogen-bond donors (Lipinski definition) is 2. The number of halogens is 1. The van der Waals surface area contributed by atoms with Crippen LogP contribution in [0.5, 0.6) is 0 Å². The van der Waals surface area contributed by atoms with Gasteiger partial charge in [0.05, 0.1) is 18.4 Å². The van der Waals surface area contributed by atoms with Gasteiger partial charge in [-0.15, -0.1) is 0 Å². The van der Waals surface area contributed by atoms with Crippen LogP contribution in [0, 0.1) is 0 Å². The second-order valence-corrected chi connectivity index (χ2v) is 5.75. The van der Waals surface area contributed by atoms with Gasteiger partial charge < -0.3 is 10.6 Å². The van der Waals surface area contributed by atoms with E-state index in [1.807, 2.05) is 20.8 Å². The maximum absolute atomic E-state index is 11.6. The van der Waals surface area contributed by atoms with E-state index in [1.165, 1.54) is 10.9 Å². The number of nitrogens with zero attached hydrogens (tertiary/aromatic N) is 2. The second-order valence-electron chi connectivity index (χ2n) is 4.95. The fourth-order valence-corrected chi connectivity index (χ4v) is 1.77. The lowest BCUT2D eigenvalue weighted by molar-refractivity contribution is -0.120. The fraction of sp³-hybridized carbons (Fsp3) is 0.545. The summed E-state index contributed by atoms with van der Waals surface area (Å²) in [5.74, 6) is -0.143. The van der Waals surface area contributed by atoms with Crippen molar-refractivity contribution in [1.82, 2.24) is 15.1 Å². The predicted molar refractivity (Wildman–Crippen MR) is 73.6 cm³/mol. The van der Waals surface area contributed by atoms with Crippen LogP contribution in [0.1, 0.15) is 20.8 Å². The smallest absolute Gasteiger partial charge is 0.282 e. The Morgan fingerprint density at radius 3 is 2.67 bits per heavy atom. The largest absolute Gasteiger partial charge is 0.374 e. The average Bonchev–Trinajstić information content (AvgIpc) is 2.22. The Hall–Kier alpha value is -1.37. The lowest BCUT2D eigenvalue weighted by atomic mass is 10.1. The zero-order valence-corrected chi connectivity index (χ0v) is 12.5. The molecule has 0 saturated carbocycles. The van der Waals surface area contributed by atoms with Crippen LogP contribution >= 0.6 is 15.9 Å². The summed E-state index contributed by atoms with van der Waals surface area (Å²) in [6.45, 7) is 5.80. The maximum atomic E-state index is 11.6. The number of hydrogen-bond acceptors (Lipinski definition) is 4. The molecule has 0 atom stereocenters. The zero-order chi connectivity index (χ0) is 13.9. The van der Waals surface area contributed by atoms with Gasteiger partial charge in [-0.25, -0.2) is 4.68 Å². The topological polar surface area (TPSA) is 76.0 Å². The molecule has 0 radical (unpaired) electrons. The van der Waals surface area contributed by atoms with Gasteiger partial charge in [0.2, 0.25) is 5.91 Å². The quantitative estimate of drug-likeness (QED) is 0.867. The van der Waals surface area contributed by atoms with Gasteiger partial charge in [0.15, 0.2) is 0 Å². The van der Waals surface area contributed by atoms with Crippen molar-refractivity contribution >= 4 is 27.5 Å². The molecule has 2 N–H and O–H groups in total. The molecular weight excluding hydrogens is 300 g/mol. The lowest BCUT2D eigenvalue weighted by Crippen LogP contribution is -2.43. The van der Waals surface area contributed by atoms with Crippen LogP contribution in [0.15, 0.2) is 15.5 Å². The highest BCUT2D eigenvalue weighted by Crippen LogP contribution is 2.15. The molecule has 7 heteroatoms. The molecule has 0 aromatic carbocycles. The molecule has 1 aromatic heterocycles. The minimum atomic E-state index is -0.277. The number of nitrogens with one attached hydrogen (secondary N) is 2. The third-order valence-electron chi connectivity index (χ3n) is 2.03. The Morgan fingerprint density at radius 2 is 2.11 bits per heavy atom. The number of anilines is 1. The normalized spacial score (nSPS) is 11.2. The summed E-state index contributed by atoms with van der Waals surface area (Å²) in [5, 5.41) is 9.55. The highest BCUT2D eigenvalue weighted by molar-refractivity contribution is 9.10. The van der Waals surface area contributed by atoms with Crippen LogP contribution in [0.3, 0.4) is 0 Å². The summed E-state index contributed by atoms with van der Waals surface area (Å²) in [6.07, 6.45) is 1.50. The number of amides is 1. The molecule has 0 bridgehead atoms. The fourth-order valence-electron chi connectivity index (χ4n) is 1.27. The first-order chi connectivity index (χ1) is 8.20. The Labute approximate surface area is 114 Å². The zero-order valence-electron chi connectivity index (χ0n) is 10.9. The van der Waals surface area contributed by atoms with Crippen LogP contribution in [0.2, 0.25) is 0 Å². The maximum Gasteiger partial charge on any atom is 0.282 e. The van der Waals surface area contributed by atoms with E-state index in [0.717, 1.165) is 0 Å². The van der Waals surface area contributed by atoms with E-state index in [0.29, 0.717) is 10.2 Å². The lowest BCUT2D eigenvalue weighted by Gasteiger charge is -2.20. The Bertz CT molecular complexity index is 505. The molecule has 1 amide bonds. The summed E-state index contributed by atoms with van der Waals surface area (Å²) in [6, 6.07) is 0. The first kappa shape index (κ1) is 14.7. The molecule has 18 heavy (non-hydrogen) atoms. The standard InChI is InChI=1S/C11H17BrN4O2/c1-11(2,3)15-8(17)6-13-7-5-14-16(4)10(18)9(7)12/h5,13H,6H2,1-4H3,(H,15,17). The van der Waals surface area contributed by atoms with Crippen LogP contribution in [0.4, 0.5) is 5.69 Å². The van der Waals surface area contributed by atoms with E-state index >= 15 is 0 Å². The summed E-state index contributed by atoms with van der Waals surface area (Å²) in [5.41, 5.74) is -0.0282. The first-order valence-corrected chi connectivity index (χ1v) is 6.27. The summed E-state index contributed by atoms with van der Waals surface area (Å²) >= 11 is 3.17. The number of carbonyl (C=O) groups is 1. The number of aryl methyl sites for hydroxylation is 1. The van der Waals surface area contributed by atoms with Crippen LogP contribution in [0.25, 0.3) is 0 Å². The summed E-state index contributed by atoms with van der Waals surface area (Å²) in [4.78, 5) is 23.2. The van der Waals surface area contributed by atoms with E-state index in [2.05, 4.69) is 31.7 Å². The van der Waals surface area contributed by atoms with Gasteiger partial charge in [-0.05, 0) is 36.7 Å². The van der Waals surface area contributed by atoms with Crippen LogP contribution in [-0.4, -0.2) is 27.8 Å². The SMILES string of the molecule is Cn1ncc(NCC(=O)NC(C)(C)C)c(Br)c1=O. The van der Waals surface area contributed by atoms with Crippen LogP contribution in [-0.2, 0) is 11.8 Å². The van der Waals surface area contributed by atoms with Crippen molar-refractivity contribution in [3.8, 4) is 0 Å². The average molecular weight is 317 g/mol. The van der Waals surface area contributed by atoms with Crippen molar-refractivity contribution in [2.24, 2.45) is 7.05 Å². The van der Waals surface area contributed by atoms with Crippen molar-refractivity contribution in [1.29, 1.82) is 0 Å². The van der Waals surface area contributed by atoms with Crippen molar-refractivity contribution in [3.05, 3.63) is 21.0 Å². The van der Waals surface area contributed by atoms with Crippen LogP contribution < -0.4 is 16.2 Å². The molecule has 0 unspecified atom stereocenters. The van der Waals surface area contributed by atoms with Gasteiger partial charge in [0.1, 0.15) is 4.47 Å². The van der Waals surface area contributed by atoms with E-state index in [9.17, 15) is 9.59 Å². The van der Waals surface area contributed by atoms with Crippen molar-refractivity contribution < 1.29 is 4.79 Å². The van der Waals surface area contributed by atoms with Gasteiger partial charge in [-0.2, -0.15) is 5.10 Å². The molecule has 0 saturated heterocycles. The number of aromatic nitrogens is 2. The van der Waals surface area contributed by atoms with Gasteiger partial charge in [0, 0.05) is 12.6 Å². The molecule has 0 fully saturated rings. The van der Waals surface area contributed by atoms with Crippen molar-refractivity contribution in [2.75, 3.05) is 11.9 Å². The van der Waals surface area contributed by atoms with Crippen molar-refractivity contribution in [3.63, 3.8) is 0 Å². The van der Waals surface area contributed by atoms with Gasteiger partial charge in [-0.3, -0.25) is 9.59 Å². The molecule has 1 rings (SSSR count). The molecular formula is C11H17BrN4O2. The minimum absolute atomic E-state index is 0.0880. The minimum Gasteiger partial charge on any atom is -0.374 e. The summed E-state index contributed by atoms with van der Waals surface area (Å²) in [7, 11) is 1.56. The van der Waals surface area contributed by atoms with E-state index < -0.39 is 0 Å². The van der Waals surface area contributed by atoms with Gasteiger partial charge in [-0.1, -0.05) is 0 Å². The second kappa shape index (κ2) is 5.51. The monoisotopic (exact) mass is 316 g/mol. The van der Waals surface area contributed by atoms with Gasteiger partial charge >= 0.3 is 0 Å². The summed E-state index contributed by atoms with van der Waals surface area (Å²) < 4.78 is 1.58. The third kappa shape index (κ3) is 4.14. The Morgan fingerprint density at radius 1 is 1.50 bits per heavy atom. The van der Waals surface area contributed by atoms with Gasteiger partial charge in [0.25, 0.3) is 5.56 Å². The molecule has 0 spiro atoms. The first-order valence-electron chi connectivity index (χ1n) is 5.47. The number of carbonyl (C=O) groups excluding carboxylic acids is 1.